The van der Waals surface area contributed by atoms with E-state index in [0.717, 1.165) is 30.6 Å². The minimum absolute atomic E-state index is 0.145. The molecule has 0 heterocycles. The van der Waals surface area contributed by atoms with E-state index in [1.165, 1.54) is 0 Å². The molecule has 0 spiro atoms. The molecule has 0 aromatic heterocycles. The zero-order chi connectivity index (χ0) is 15.3. The molecule has 5 heteroatoms. The van der Waals surface area contributed by atoms with Crippen molar-refractivity contribution in [2.45, 2.75) is 37.1 Å². The lowest BCUT2D eigenvalue weighted by Crippen LogP contribution is -2.53. The summed E-state index contributed by atoms with van der Waals surface area (Å²) < 4.78 is 0. The topological polar surface area (TPSA) is 66.4 Å². The van der Waals surface area contributed by atoms with E-state index in [9.17, 15) is 14.7 Å². The Kier molecular flexibility index (Phi) is 5.28. The summed E-state index contributed by atoms with van der Waals surface area (Å²) in [7, 11) is 0. The molecular weight excluding hydrogens is 286 g/mol. The third-order valence-electron chi connectivity index (χ3n) is 4.18. The molecule has 114 valence electrons. The van der Waals surface area contributed by atoms with Crippen LogP contribution in [0.3, 0.4) is 0 Å². The Morgan fingerprint density at radius 3 is 2.48 bits per heavy atom. The molecule has 0 saturated heterocycles. The molecule has 1 aromatic rings. The molecule has 0 bridgehead atoms. The van der Waals surface area contributed by atoms with E-state index in [-0.39, 0.29) is 5.91 Å². The molecule has 1 fully saturated rings. The minimum atomic E-state index is -0.958. The highest BCUT2D eigenvalue weighted by atomic mass is 32.2. The molecule has 4 nitrogen and oxygen atoms in total. The number of thioether (sulfide) groups is 1. The molecule has 1 saturated carbocycles. The van der Waals surface area contributed by atoms with Crippen LogP contribution < -0.4 is 5.32 Å². The van der Waals surface area contributed by atoms with Gasteiger partial charge < -0.3 is 10.4 Å². The molecule has 1 aliphatic carbocycles. The number of aliphatic carboxylic acids is 1. The van der Waals surface area contributed by atoms with E-state index in [2.05, 4.69) is 5.32 Å². The van der Waals surface area contributed by atoms with Gasteiger partial charge in [-0.1, -0.05) is 36.8 Å². The average Bonchev–Trinajstić information content (AvgIpc) is 2.43. The zero-order valence-corrected chi connectivity index (χ0v) is 13.0. The van der Waals surface area contributed by atoms with Crippen molar-refractivity contribution in [3.63, 3.8) is 0 Å². The second-order valence-corrected chi connectivity index (χ2v) is 6.43. The first-order chi connectivity index (χ1) is 10.1. The fourth-order valence-corrected chi connectivity index (χ4v) is 3.20. The van der Waals surface area contributed by atoms with Crippen molar-refractivity contribution in [1.29, 1.82) is 0 Å². The van der Waals surface area contributed by atoms with Crippen LogP contribution in [-0.4, -0.2) is 35.0 Å². The third kappa shape index (κ3) is 3.40. The van der Waals surface area contributed by atoms with Crippen LogP contribution in [0.4, 0.5) is 0 Å². The number of hydrogen-bond donors (Lipinski definition) is 2. The Bertz CT molecular complexity index is 500. The lowest BCUT2D eigenvalue weighted by molar-refractivity contribution is -0.143. The Morgan fingerprint density at radius 1 is 1.33 bits per heavy atom. The quantitative estimate of drug-likeness (QED) is 0.812. The van der Waals surface area contributed by atoms with Gasteiger partial charge in [0.2, 0.25) is 5.91 Å². The monoisotopic (exact) mass is 307 g/mol. The number of carboxylic acids is 1. The Balaban J connectivity index is 2.11. The Hall–Kier alpha value is -1.49. The summed E-state index contributed by atoms with van der Waals surface area (Å²) in [6, 6.07) is 8.88. The number of nitrogens with one attached hydrogen (secondary N) is 1. The number of carbonyl (C=O) groups excluding carboxylic acids is 1. The van der Waals surface area contributed by atoms with E-state index >= 15 is 0 Å². The van der Waals surface area contributed by atoms with Crippen LogP contribution in [0, 0.1) is 0 Å². The van der Waals surface area contributed by atoms with Crippen molar-refractivity contribution in [3.05, 3.63) is 35.9 Å². The lowest BCUT2D eigenvalue weighted by atomic mass is 9.63. The minimum Gasteiger partial charge on any atom is -0.480 e. The van der Waals surface area contributed by atoms with Gasteiger partial charge in [-0.2, -0.15) is 11.8 Å². The second kappa shape index (κ2) is 6.98. The smallest absolute Gasteiger partial charge is 0.326 e. The molecule has 1 aromatic carbocycles. The molecule has 21 heavy (non-hydrogen) atoms. The van der Waals surface area contributed by atoms with Crippen LogP contribution in [0.1, 0.15) is 31.2 Å². The molecule has 2 rings (SSSR count). The van der Waals surface area contributed by atoms with Gasteiger partial charge in [0, 0.05) is 0 Å². The lowest BCUT2D eigenvalue weighted by Gasteiger charge is -2.41. The summed E-state index contributed by atoms with van der Waals surface area (Å²) in [6.07, 6.45) is 4.96. The van der Waals surface area contributed by atoms with Crippen LogP contribution >= 0.6 is 11.8 Å². The van der Waals surface area contributed by atoms with Gasteiger partial charge >= 0.3 is 5.97 Å². The van der Waals surface area contributed by atoms with E-state index in [1.54, 1.807) is 11.8 Å². The summed E-state index contributed by atoms with van der Waals surface area (Å²) in [4.78, 5) is 23.9. The fourth-order valence-electron chi connectivity index (χ4n) is 2.72. The van der Waals surface area contributed by atoms with Crippen LogP contribution in [0.15, 0.2) is 30.3 Å². The van der Waals surface area contributed by atoms with E-state index in [0.29, 0.717) is 6.42 Å². The predicted octanol–water partition coefficient (Wildman–Crippen LogP) is 2.43. The van der Waals surface area contributed by atoms with Crippen LogP contribution in [0.2, 0.25) is 0 Å². The maximum absolute atomic E-state index is 12.6. The average molecular weight is 307 g/mol. The number of carboxylic acid groups (broad SMARTS) is 1. The highest BCUT2D eigenvalue weighted by Gasteiger charge is 2.46. The molecular formula is C16H21NO3S. The molecule has 1 aliphatic rings. The van der Waals surface area contributed by atoms with Crippen molar-refractivity contribution in [3.8, 4) is 0 Å². The van der Waals surface area contributed by atoms with Crippen molar-refractivity contribution in [1.82, 2.24) is 5.32 Å². The zero-order valence-electron chi connectivity index (χ0n) is 12.2. The summed E-state index contributed by atoms with van der Waals surface area (Å²) in [6.45, 7) is 0. The molecule has 0 aliphatic heterocycles. The molecule has 1 atom stereocenters. The number of hydrogen-bond acceptors (Lipinski definition) is 3. The Morgan fingerprint density at radius 2 is 2.00 bits per heavy atom. The van der Waals surface area contributed by atoms with Gasteiger partial charge in [-0.3, -0.25) is 4.79 Å². The van der Waals surface area contributed by atoms with Gasteiger partial charge in [0.05, 0.1) is 5.41 Å². The van der Waals surface area contributed by atoms with Crippen LogP contribution in [-0.2, 0) is 15.0 Å². The molecule has 0 unspecified atom stereocenters. The van der Waals surface area contributed by atoms with Gasteiger partial charge in [0.25, 0.3) is 0 Å². The number of benzene rings is 1. The predicted molar refractivity (Wildman–Crippen MR) is 84.5 cm³/mol. The normalized spacial score (nSPS) is 17.6. The first-order valence-electron chi connectivity index (χ1n) is 7.18. The summed E-state index contributed by atoms with van der Waals surface area (Å²) in [5.41, 5.74) is 0.455. The first kappa shape index (κ1) is 15.9. The second-order valence-electron chi connectivity index (χ2n) is 5.45. The fraction of sp³-hybridized carbons (Fsp3) is 0.500. The molecule has 0 radical (unpaired) electrons. The maximum Gasteiger partial charge on any atom is 0.326 e. The van der Waals surface area contributed by atoms with Crippen molar-refractivity contribution in [2.24, 2.45) is 0 Å². The largest absolute Gasteiger partial charge is 0.480 e. The van der Waals surface area contributed by atoms with Crippen molar-refractivity contribution < 1.29 is 14.7 Å². The maximum atomic E-state index is 12.6. The molecule has 1 amide bonds. The number of rotatable bonds is 7. The van der Waals surface area contributed by atoms with Crippen molar-refractivity contribution >= 4 is 23.6 Å². The highest BCUT2D eigenvalue weighted by Crippen LogP contribution is 2.44. The number of carbonyl (C=O) groups is 2. The number of amides is 1. The van der Waals surface area contributed by atoms with Gasteiger partial charge in [0.15, 0.2) is 0 Å². The standard InChI is InChI=1S/C16H21NO3S/c1-21-11-8-13(14(18)19)17-15(20)16(9-5-10-16)12-6-3-2-4-7-12/h2-4,6-7,13H,5,8-11H2,1H3,(H,17,20)(H,18,19)/t13-/m0/s1. The van der Waals surface area contributed by atoms with Crippen LogP contribution in [0.5, 0.6) is 0 Å². The first-order valence-corrected chi connectivity index (χ1v) is 8.58. The van der Waals surface area contributed by atoms with Crippen molar-refractivity contribution in [2.75, 3.05) is 12.0 Å². The van der Waals surface area contributed by atoms with E-state index in [4.69, 9.17) is 0 Å². The van der Waals surface area contributed by atoms with Gasteiger partial charge in [-0.25, -0.2) is 4.79 Å². The summed E-state index contributed by atoms with van der Waals surface area (Å²) >= 11 is 1.58. The summed E-state index contributed by atoms with van der Waals surface area (Å²) in [5.74, 6) is -0.386. The summed E-state index contributed by atoms with van der Waals surface area (Å²) in [5, 5.41) is 12.0. The van der Waals surface area contributed by atoms with Crippen LogP contribution in [0.25, 0.3) is 0 Å². The third-order valence-corrected chi connectivity index (χ3v) is 4.83. The van der Waals surface area contributed by atoms with Gasteiger partial charge in [-0.05, 0) is 36.8 Å². The highest BCUT2D eigenvalue weighted by molar-refractivity contribution is 7.98. The van der Waals surface area contributed by atoms with Gasteiger partial charge in [0.1, 0.15) is 6.04 Å². The SMILES string of the molecule is CSCC[C@H](NC(=O)C1(c2ccccc2)CCC1)C(=O)O. The van der Waals surface area contributed by atoms with E-state index in [1.807, 2.05) is 36.6 Å². The Labute approximate surface area is 129 Å². The van der Waals surface area contributed by atoms with Gasteiger partial charge in [-0.15, -0.1) is 0 Å². The molecule has 2 N–H and O–H groups in total. The van der Waals surface area contributed by atoms with E-state index < -0.39 is 17.4 Å².